The predicted molar refractivity (Wildman–Crippen MR) is 82.9 cm³/mol. The maximum absolute atomic E-state index is 11.1. The molecule has 24 heavy (non-hydrogen) atoms. The molecule has 1 aliphatic rings. The summed E-state index contributed by atoms with van der Waals surface area (Å²) in [4.78, 5) is 17.4. The molecule has 0 saturated carbocycles. The van der Waals surface area contributed by atoms with Gasteiger partial charge in [-0.3, -0.25) is 9.69 Å². The van der Waals surface area contributed by atoms with Crippen LogP contribution in [0.15, 0.2) is 22.7 Å². The second kappa shape index (κ2) is 6.68. The minimum atomic E-state index is -0.705. The smallest absolute Gasteiger partial charge is 0.290 e. The molecule has 0 aliphatic carbocycles. The van der Waals surface area contributed by atoms with E-state index in [1.54, 1.807) is 6.07 Å². The van der Waals surface area contributed by atoms with Crippen LogP contribution in [0, 0.1) is 11.3 Å². The standard InChI is InChI=1S/C16H17N5O3/c1-23-13-5-4-10(7-11(13)8-17)9-21-6-2-3-12(21)16-19-15(14(18)22)20-24-16/h4-5,7,12H,2-3,6,9H2,1H3,(H2,18,22). The van der Waals surface area contributed by atoms with Crippen molar-refractivity contribution >= 4 is 5.91 Å². The molecule has 1 fully saturated rings. The average molecular weight is 327 g/mol. The summed E-state index contributed by atoms with van der Waals surface area (Å²) >= 11 is 0. The molecular formula is C16H17N5O3. The first-order chi connectivity index (χ1) is 11.6. The zero-order valence-corrected chi connectivity index (χ0v) is 13.2. The first-order valence-corrected chi connectivity index (χ1v) is 7.57. The highest BCUT2D eigenvalue weighted by molar-refractivity contribution is 5.88. The second-order valence-corrected chi connectivity index (χ2v) is 5.60. The van der Waals surface area contributed by atoms with Crippen LogP contribution >= 0.6 is 0 Å². The van der Waals surface area contributed by atoms with E-state index in [2.05, 4.69) is 21.1 Å². The Morgan fingerprint density at radius 1 is 1.58 bits per heavy atom. The summed E-state index contributed by atoms with van der Waals surface area (Å²) in [5.74, 6) is 0.147. The van der Waals surface area contributed by atoms with Gasteiger partial charge in [0.1, 0.15) is 11.8 Å². The molecule has 8 heteroatoms. The van der Waals surface area contributed by atoms with E-state index in [1.165, 1.54) is 7.11 Å². The number of carbonyl (C=O) groups excluding carboxylic acids is 1. The number of benzene rings is 1. The Balaban J connectivity index is 1.79. The molecule has 8 nitrogen and oxygen atoms in total. The number of primary amides is 1. The maximum Gasteiger partial charge on any atom is 0.290 e. The van der Waals surface area contributed by atoms with E-state index >= 15 is 0 Å². The predicted octanol–water partition coefficient (Wildman–Crippen LogP) is 1.39. The lowest BCUT2D eigenvalue weighted by molar-refractivity contribution is 0.0987. The molecule has 0 spiro atoms. The van der Waals surface area contributed by atoms with Crippen molar-refractivity contribution in [2.75, 3.05) is 13.7 Å². The number of nitriles is 1. The summed E-state index contributed by atoms with van der Waals surface area (Å²) < 4.78 is 10.3. The maximum atomic E-state index is 11.1. The molecule has 1 aromatic carbocycles. The number of likely N-dealkylation sites (tertiary alicyclic amines) is 1. The van der Waals surface area contributed by atoms with Gasteiger partial charge >= 0.3 is 0 Å². The van der Waals surface area contributed by atoms with Crippen molar-refractivity contribution in [2.45, 2.75) is 25.4 Å². The van der Waals surface area contributed by atoms with E-state index in [1.807, 2.05) is 12.1 Å². The highest BCUT2D eigenvalue weighted by Crippen LogP contribution is 2.32. The van der Waals surface area contributed by atoms with Gasteiger partial charge in [0.2, 0.25) is 5.89 Å². The summed E-state index contributed by atoms with van der Waals surface area (Å²) in [5.41, 5.74) is 6.66. The third-order valence-corrected chi connectivity index (χ3v) is 4.08. The molecular weight excluding hydrogens is 310 g/mol. The van der Waals surface area contributed by atoms with Crippen LogP contribution in [0.4, 0.5) is 0 Å². The normalized spacial score (nSPS) is 17.6. The summed E-state index contributed by atoms with van der Waals surface area (Å²) in [5, 5.41) is 12.8. The highest BCUT2D eigenvalue weighted by Gasteiger charge is 2.31. The van der Waals surface area contributed by atoms with Gasteiger partial charge in [-0.05, 0) is 37.1 Å². The molecule has 3 rings (SSSR count). The molecule has 124 valence electrons. The van der Waals surface area contributed by atoms with Gasteiger partial charge in [-0.15, -0.1) is 0 Å². The van der Waals surface area contributed by atoms with Gasteiger partial charge in [0.25, 0.3) is 11.7 Å². The minimum absolute atomic E-state index is 0.0572. The van der Waals surface area contributed by atoms with Crippen LogP contribution in [0.5, 0.6) is 5.75 Å². The fourth-order valence-corrected chi connectivity index (χ4v) is 2.94. The molecule has 1 saturated heterocycles. The molecule has 1 aromatic heterocycles. The third kappa shape index (κ3) is 3.07. The van der Waals surface area contributed by atoms with Crippen LogP contribution < -0.4 is 10.5 Å². The number of rotatable bonds is 5. The van der Waals surface area contributed by atoms with Crippen LogP contribution in [0.1, 0.15) is 46.5 Å². The number of hydrogen-bond donors (Lipinski definition) is 1. The van der Waals surface area contributed by atoms with Crippen molar-refractivity contribution in [1.29, 1.82) is 5.26 Å². The summed E-state index contributed by atoms with van der Waals surface area (Å²) in [6, 6.07) is 7.61. The zero-order chi connectivity index (χ0) is 17.1. The van der Waals surface area contributed by atoms with E-state index in [-0.39, 0.29) is 11.9 Å². The Kier molecular flexibility index (Phi) is 4.44. The molecule has 0 radical (unpaired) electrons. The molecule has 1 aliphatic heterocycles. The van der Waals surface area contributed by atoms with E-state index in [4.69, 9.17) is 15.0 Å². The molecule has 2 heterocycles. The van der Waals surface area contributed by atoms with Gasteiger partial charge in [0, 0.05) is 6.54 Å². The quantitative estimate of drug-likeness (QED) is 0.881. The van der Waals surface area contributed by atoms with Gasteiger partial charge in [0.05, 0.1) is 18.7 Å². The van der Waals surface area contributed by atoms with Crippen molar-refractivity contribution in [1.82, 2.24) is 15.0 Å². The molecule has 1 amide bonds. The molecule has 1 unspecified atom stereocenters. The Labute approximate surface area is 138 Å². The number of amides is 1. The van der Waals surface area contributed by atoms with Gasteiger partial charge in [-0.2, -0.15) is 10.2 Å². The number of ether oxygens (including phenoxy) is 1. The molecule has 2 N–H and O–H groups in total. The van der Waals surface area contributed by atoms with Crippen LogP contribution in [-0.4, -0.2) is 34.6 Å². The van der Waals surface area contributed by atoms with Crippen molar-refractivity contribution < 1.29 is 14.1 Å². The molecule has 2 aromatic rings. The van der Waals surface area contributed by atoms with E-state index in [0.717, 1.165) is 24.9 Å². The summed E-state index contributed by atoms with van der Waals surface area (Å²) in [7, 11) is 1.54. The number of aromatic nitrogens is 2. The van der Waals surface area contributed by atoms with Crippen LogP contribution in [0.3, 0.4) is 0 Å². The number of hydrogen-bond acceptors (Lipinski definition) is 7. The second-order valence-electron chi connectivity index (χ2n) is 5.60. The van der Waals surface area contributed by atoms with Crippen LogP contribution in [-0.2, 0) is 6.54 Å². The number of nitrogens with two attached hydrogens (primary N) is 1. The lowest BCUT2D eigenvalue weighted by Crippen LogP contribution is -2.23. The number of carbonyl (C=O) groups is 1. The third-order valence-electron chi connectivity index (χ3n) is 4.08. The average Bonchev–Trinajstić information content (AvgIpc) is 3.23. The Hall–Kier alpha value is -2.92. The number of methoxy groups -OCH3 is 1. The Morgan fingerprint density at radius 2 is 2.42 bits per heavy atom. The van der Waals surface area contributed by atoms with E-state index in [0.29, 0.717) is 23.7 Å². The highest BCUT2D eigenvalue weighted by atomic mass is 16.5. The van der Waals surface area contributed by atoms with Gasteiger partial charge in [-0.1, -0.05) is 11.2 Å². The first kappa shape index (κ1) is 16.0. The fourth-order valence-electron chi connectivity index (χ4n) is 2.94. The topological polar surface area (TPSA) is 118 Å². The van der Waals surface area contributed by atoms with E-state index < -0.39 is 5.91 Å². The SMILES string of the molecule is COc1ccc(CN2CCCC2c2nc(C(N)=O)no2)cc1C#N. The van der Waals surface area contributed by atoms with Gasteiger partial charge < -0.3 is 15.0 Å². The van der Waals surface area contributed by atoms with Crippen LogP contribution in [0.25, 0.3) is 0 Å². The molecule has 0 bridgehead atoms. The van der Waals surface area contributed by atoms with Gasteiger partial charge in [0.15, 0.2) is 0 Å². The Bertz CT molecular complexity index is 795. The lowest BCUT2D eigenvalue weighted by Gasteiger charge is -2.21. The first-order valence-electron chi connectivity index (χ1n) is 7.57. The van der Waals surface area contributed by atoms with Crippen molar-refractivity contribution in [3.63, 3.8) is 0 Å². The largest absolute Gasteiger partial charge is 0.495 e. The molecule has 1 atom stereocenters. The number of nitrogens with zero attached hydrogens (tertiary/aromatic N) is 4. The van der Waals surface area contributed by atoms with E-state index in [9.17, 15) is 10.1 Å². The fraction of sp³-hybridized carbons (Fsp3) is 0.375. The summed E-state index contributed by atoms with van der Waals surface area (Å²) in [6.07, 6.45) is 1.85. The Morgan fingerprint density at radius 3 is 3.08 bits per heavy atom. The monoisotopic (exact) mass is 327 g/mol. The van der Waals surface area contributed by atoms with Crippen molar-refractivity contribution in [3.8, 4) is 11.8 Å². The van der Waals surface area contributed by atoms with Crippen molar-refractivity contribution in [2.24, 2.45) is 5.73 Å². The van der Waals surface area contributed by atoms with Crippen molar-refractivity contribution in [3.05, 3.63) is 41.0 Å². The zero-order valence-electron chi connectivity index (χ0n) is 13.2. The summed E-state index contributed by atoms with van der Waals surface area (Å²) in [6.45, 7) is 1.50. The lowest BCUT2D eigenvalue weighted by atomic mass is 10.1. The van der Waals surface area contributed by atoms with Gasteiger partial charge in [-0.25, -0.2) is 0 Å². The minimum Gasteiger partial charge on any atom is -0.495 e. The van der Waals surface area contributed by atoms with Crippen LogP contribution in [0.2, 0.25) is 0 Å².